The molecule has 102 valence electrons. The fourth-order valence-electron chi connectivity index (χ4n) is 1.78. The van der Waals surface area contributed by atoms with E-state index < -0.39 is 10.0 Å². The highest BCUT2D eigenvalue weighted by Crippen LogP contribution is 2.30. The van der Waals surface area contributed by atoms with Crippen LogP contribution in [-0.4, -0.2) is 37.8 Å². The van der Waals surface area contributed by atoms with Crippen molar-refractivity contribution in [1.29, 1.82) is 0 Å². The van der Waals surface area contributed by atoms with E-state index in [1.165, 1.54) is 6.20 Å². The van der Waals surface area contributed by atoms with E-state index in [0.29, 0.717) is 5.92 Å². The maximum absolute atomic E-state index is 12.0. The van der Waals surface area contributed by atoms with Crippen LogP contribution < -0.4 is 10.0 Å². The van der Waals surface area contributed by atoms with Gasteiger partial charge in [-0.1, -0.05) is 6.92 Å². The number of hydrogen-bond acceptors (Lipinski definition) is 4. The van der Waals surface area contributed by atoms with Gasteiger partial charge in [-0.05, 0) is 32.4 Å². The van der Waals surface area contributed by atoms with Crippen LogP contribution in [0.4, 0.5) is 0 Å². The summed E-state index contributed by atoms with van der Waals surface area (Å²) in [6.45, 7) is 3.64. The predicted molar refractivity (Wildman–Crippen MR) is 68.7 cm³/mol. The Morgan fingerprint density at radius 2 is 2.28 bits per heavy atom. The van der Waals surface area contributed by atoms with E-state index in [-0.39, 0.29) is 10.9 Å². The molecule has 0 amide bonds. The van der Waals surface area contributed by atoms with Crippen molar-refractivity contribution in [1.82, 2.24) is 19.8 Å². The molecule has 0 aliphatic heterocycles. The maximum Gasteiger partial charge on any atom is 0.243 e. The Morgan fingerprint density at radius 1 is 1.56 bits per heavy atom. The number of nitrogens with zero attached hydrogens (tertiary/aromatic N) is 2. The van der Waals surface area contributed by atoms with Crippen LogP contribution in [0, 0.1) is 5.92 Å². The van der Waals surface area contributed by atoms with Crippen molar-refractivity contribution >= 4 is 10.0 Å². The van der Waals surface area contributed by atoms with E-state index in [1.54, 1.807) is 10.9 Å². The molecule has 2 N–H and O–H groups in total. The van der Waals surface area contributed by atoms with E-state index in [1.807, 2.05) is 14.0 Å². The molecular formula is C11H20N4O2S. The van der Waals surface area contributed by atoms with Crippen LogP contribution in [0.2, 0.25) is 0 Å². The summed E-state index contributed by atoms with van der Waals surface area (Å²) in [5.41, 5.74) is 0. The standard InChI is InChI=1S/C11H20N4O2S/c1-9-6-11(9)14-18(16,17)10-7-13-15(8-10)5-3-4-12-2/h7-9,11-12,14H,3-6H2,1-2H3. The quantitative estimate of drug-likeness (QED) is 0.694. The second-order valence-electron chi connectivity index (χ2n) is 4.84. The first kappa shape index (κ1) is 13.5. The molecule has 1 saturated carbocycles. The molecule has 2 unspecified atom stereocenters. The fourth-order valence-corrected chi connectivity index (χ4v) is 3.09. The third-order valence-corrected chi connectivity index (χ3v) is 4.59. The third-order valence-electron chi connectivity index (χ3n) is 3.15. The average molecular weight is 272 g/mol. The third kappa shape index (κ3) is 3.30. The molecule has 0 saturated heterocycles. The topological polar surface area (TPSA) is 76.0 Å². The van der Waals surface area contributed by atoms with Gasteiger partial charge >= 0.3 is 0 Å². The van der Waals surface area contributed by atoms with Crippen molar-refractivity contribution in [3.8, 4) is 0 Å². The average Bonchev–Trinajstić information content (AvgIpc) is 2.82. The molecule has 1 aromatic heterocycles. The van der Waals surface area contributed by atoms with Gasteiger partial charge in [-0.3, -0.25) is 4.68 Å². The first-order valence-corrected chi connectivity index (χ1v) is 7.70. The number of rotatable bonds is 7. The number of sulfonamides is 1. The Bertz CT molecular complexity index is 497. The first-order valence-electron chi connectivity index (χ1n) is 6.22. The molecule has 1 aliphatic rings. The largest absolute Gasteiger partial charge is 0.320 e. The molecule has 0 bridgehead atoms. The second-order valence-corrected chi connectivity index (χ2v) is 6.55. The Balaban J connectivity index is 1.95. The van der Waals surface area contributed by atoms with E-state index in [2.05, 4.69) is 15.1 Å². The Kier molecular flexibility index (Phi) is 4.04. The van der Waals surface area contributed by atoms with E-state index in [4.69, 9.17) is 0 Å². The van der Waals surface area contributed by atoms with Gasteiger partial charge in [0.1, 0.15) is 4.90 Å². The molecule has 1 heterocycles. The van der Waals surface area contributed by atoms with Crippen LogP contribution >= 0.6 is 0 Å². The molecule has 1 aliphatic carbocycles. The molecule has 0 radical (unpaired) electrons. The predicted octanol–water partition coefficient (Wildman–Crippen LogP) is 0.179. The SMILES string of the molecule is CNCCCn1cc(S(=O)(=O)NC2CC2C)cn1. The van der Waals surface area contributed by atoms with Gasteiger partial charge in [-0.2, -0.15) is 5.10 Å². The molecule has 2 rings (SSSR count). The minimum absolute atomic E-state index is 0.0997. The molecule has 7 heteroatoms. The minimum Gasteiger partial charge on any atom is -0.320 e. The van der Waals surface area contributed by atoms with Crippen molar-refractivity contribution in [2.24, 2.45) is 5.92 Å². The molecule has 0 aromatic carbocycles. The first-order chi connectivity index (χ1) is 8.53. The summed E-state index contributed by atoms with van der Waals surface area (Å²) in [5.74, 6) is 0.449. The lowest BCUT2D eigenvalue weighted by molar-refractivity contribution is 0.559. The van der Waals surface area contributed by atoms with Gasteiger partial charge in [0.2, 0.25) is 10.0 Å². The highest BCUT2D eigenvalue weighted by molar-refractivity contribution is 7.89. The van der Waals surface area contributed by atoms with Crippen molar-refractivity contribution in [3.63, 3.8) is 0 Å². The molecule has 2 atom stereocenters. The van der Waals surface area contributed by atoms with Crippen LogP contribution in [0.25, 0.3) is 0 Å². The zero-order valence-corrected chi connectivity index (χ0v) is 11.6. The summed E-state index contributed by atoms with van der Waals surface area (Å²) in [6.07, 6.45) is 4.85. The number of nitrogens with one attached hydrogen (secondary N) is 2. The zero-order valence-electron chi connectivity index (χ0n) is 10.8. The van der Waals surface area contributed by atoms with Crippen molar-refractivity contribution in [2.75, 3.05) is 13.6 Å². The smallest absolute Gasteiger partial charge is 0.243 e. The molecule has 6 nitrogen and oxygen atoms in total. The van der Waals surface area contributed by atoms with Gasteiger partial charge in [0.15, 0.2) is 0 Å². The summed E-state index contributed by atoms with van der Waals surface area (Å²) in [5, 5.41) is 7.11. The lowest BCUT2D eigenvalue weighted by Gasteiger charge is -2.02. The van der Waals surface area contributed by atoms with Crippen molar-refractivity contribution < 1.29 is 8.42 Å². The summed E-state index contributed by atoms with van der Waals surface area (Å²) >= 11 is 0. The van der Waals surface area contributed by atoms with Gasteiger partial charge in [0, 0.05) is 18.8 Å². The van der Waals surface area contributed by atoms with E-state index >= 15 is 0 Å². The number of hydrogen-bond donors (Lipinski definition) is 2. The summed E-state index contributed by atoms with van der Waals surface area (Å²) in [7, 11) is -1.50. The highest BCUT2D eigenvalue weighted by atomic mass is 32.2. The fraction of sp³-hybridized carbons (Fsp3) is 0.727. The molecule has 1 aromatic rings. The normalized spacial score (nSPS) is 23.2. The van der Waals surface area contributed by atoms with Crippen LogP contribution in [0.15, 0.2) is 17.3 Å². The molecular weight excluding hydrogens is 252 g/mol. The minimum atomic E-state index is -3.39. The van der Waals surface area contributed by atoms with Crippen molar-refractivity contribution in [3.05, 3.63) is 12.4 Å². The number of aromatic nitrogens is 2. The maximum atomic E-state index is 12.0. The molecule has 18 heavy (non-hydrogen) atoms. The molecule has 0 spiro atoms. The Morgan fingerprint density at radius 3 is 2.89 bits per heavy atom. The van der Waals surface area contributed by atoms with E-state index in [0.717, 1.165) is 25.9 Å². The van der Waals surface area contributed by atoms with Crippen LogP contribution in [-0.2, 0) is 16.6 Å². The van der Waals surface area contributed by atoms with Crippen LogP contribution in [0.1, 0.15) is 19.8 Å². The van der Waals surface area contributed by atoms with Crippen molar-refractivity contribution in [2.45, 2.75) is 37.2 Å². The van der Waals surface area contributed by atoms with Gasteiger partial charge in [0.05, 0.1) is 6.20 Å². The van der Waals surface area contributed by atoms with Gasteiger partial charge in [0.25, 0.3) is 0 Å². The summed E-state index contributed by atoms with van der Waals surface area (Å²) in [6, 6.07) is 0.0997. The monoisotopic (exact) mass is 272 g/mol. The van der Waals surface area contributed by atoms with Gasteiger partial charge in [-0.15, -0.1) is 0 Å². The lowest BCUT2D eigenvalue weighted by Crippen LogP contribution is -2.26. The van der Waals surface area contributed by atoms with Gasteiger partial charge in [-0.25, -0.2) is 13.1 Å². The Labute approximate surface area is 108 Å². The highest BCUT2D eigenvalue weighted by Gasteiger charge is 2.36. The van der Waals surface area contributed by atoms with E-state index in [9.17, 15) is 8.42 Å². The summed E-state index contributed by atoms with van der Waals surface area (Å²) in [4.78, 5) is 0.256. The van der Waals surface area contributed by atoms with Gasteiger partial charge < -0.3 is 5.32 Å². The second kappa shape index (κ2) is 5.38. The number of aryl methyl sites for hydroxylation is 1. The van der Waals surface area contributed by atoms with Crippen LogP contribution in [0.3, 0.4) is 0 Å². The van der Waals surface area contributed by atoms with Crippen LogP contribution in [0.5, 0.6) is 0 Å². The molecule has 1 fully saturated rings. The summed E-state index contributed by atoms with van der Waals surface area (Å²) < 4.78 is 28.3. The zero-order chi connectivity index (χ0) is 13.2. The lowest BCUT2D eigenvalue weighted by atomic mass is 10.4. The Hall–Kier alpha value is -0.920.